The molecule has 0 N–H and O–H groups in total. The molecule has 0 saturated heterocycles. The van der Waals surface area contributed by atoms with E-state index in [1.165, 1.54) is 11.3 Å². The van der Waals surface area contributed by atoms with Crippen LogP contribution < -0.4 is 4.90 Å². The van der Waals surface area contributed by atoms with Gasteiger partial charge >= 0.3 is 0 Å². The topological polar surface area (TPSA) is 38.8 Å². The molecule has 0 bridgehead atoms. The summed E-state index contributed by atoms with van der Waals surface area (Å²) in [5.41, 5.74) is 1.09. The first-order valence-electron chi connectivity index (χ1n) is 5.58. The molecular weight excluding hydrogens is 238 g/mol. The lowest BCUT2D eigenvalue weighted by molar-refractivity contribution is 0.112. The minimum atomic E-state index is 0.680. The van der Waals surface area contributed by atoms with Crippen molar-refractivity contribution in [2.75, 3.05) is 45.4 Å². The molecule has 0 atom stereocenters. The van der Waals surface area contributed by atoms with Crippen LogP contribution in [0.1, 0.15) is 16.1 Å². The van der Waals surface area contributed by atoms with Crippen molar-refractivity contribution in [2.45, 2.75) is 6.42 Å². The van der Waals surface area contributed by atoms with Crippen LogP contribution in [-0.2, 0) is 9.47 Å². The number of anilines is 1. The van der Waals surface area contributed by atoms with E-state index < -0.39 is 0 Å². The number of thiophene rings is 1. The van der Waals surface area contributed by atoms with Gasteiger partial charge in [-0.3, -0.25) is 4.79 Å². The Kier molecular flexibility index (Phi) is 6.84. The molecule has 17 heavy (non-hydrogen) atoms. The van der Waals surface area contributed by atoms with Gasteiger partial charge in [0, 0.05) is 45.0 Å². The number of carbonyl (C=O) groups is 1. The summed E-state index contributed by atoms with van der Waals surface area (Å²) in [4.78, 5) is 13.6. The van der Waals surface area contributed by atoms with Gasteiger partial charge in [-0.25, -0.2) is 0 Å². The van der Waals surface area contributed by atoms with E-state index in [2.05, 4.69) is 4.90 Å². The number of hydrogen-bond acceptors (Lipinski definition) is 5. The van der Waals surface area contributed by atoms with Crippen molar-refractivity contribution in [3.8, 4) is 0 Å². The van der Waals surface area contributed by atoms with Crippen molar-refractivity contribution in [3.63, 3.8) is 0 Å². The summed E-state index contributed by atoms with van der Waals surface area (Å²) in [5.74, 6) is 0. The Morgan fingerprint density at radius 3 is 2.65 bits per heavy atom. The quantitative estimate of drug-likeness (QED) is 0.501. The number of aldehydes is 1. The van der Waals surface area contributed by atoms with Crippen LogP contribution in [0.15, 0.2) is 11.4 Å². The summed E-state index contributed by atoms with van der Waals surface area (Å²) in [6.45, 7) is 3.16. The molecule has 0 saturated carbocycles. The summed E-state index contributed by atoms with van der Waals surface area (Å²) in [7, 11) is 3.40. The zero-order valence-electron chi connectivity index (χ0n) is 10.3. The Morgan fingerprint density at radius 1 is 1.29 bits per heavy atom. The molecule has 0 aromatic carbocycles. The molecule has 1 rings (SSSR count). The average Bonchev–Trinajstić information content (AvgIpc) is 2.82. The Labute approximate surface area is 106 Å². The van der Waals surface area contributed by atoms with Crippen molar-refractivity contribution < 1.29 is 14.3 Å². The highest BCUT2D eigenvalue weighted by Crippen LogP contribution is 2.22. The van der Waals surface area contributed by atoms with E-state index in [1.807, 2.05) is 11.4 Å². The Bertz CT molecular complexity index is 327. The Morgan fingerprint density at radius 2 is 2.06 bits per heavy atom. The lowest BCUT2D eigenvalue weighted by Crippen LogP contribution is -2.28. The van der Waals surface area contributed by atoms with Gasteiger partial charge in [0.2, 0.25) is 0 Å². The van der Waals surface area contributed by atoms with Crippen molar-refractivity contribution in [1.29, 1.82) is 0 Å². The molecule has 96 valence electrons. The van der Waals surface area contributed by atoms with Crippen LogP contribution in [0.2, 0.25) is 0 Å². The second kappa shape index (κ2) is 8.22. The predicted molar refractivity (Wildman–Crippen MR) is 70.3 cm³/mol. The lowest BCUT2D eigenvalue weighted by atomic mass is 10.3. The van der Waals surface area contributed by atoms with Gasteiger partial charge in [0.25, 0.3) is 0 Å². The van der Waals surface area contributed by atoms with Crippen LogP contribution in [0.25, 0.3) is 0 Å². The van der Waals surface area contributed by atoms with Crippen LogP contribution in [0.4, 0.5) is 5.69 Å². The summed E-state index contributed by atoms with van der Waals surface area (Å²) < 4.78 is 10.1. The summed E-state index contributed by atoms with van der Waals surface area (Å²) in [5, 5.41) is 2.01. The van der Waals surface area contributed by atoms with E-state index in [4.69, 9.17) is 9.47 Å². The largest absolute Gasteiger partial charge is 0.385 e. The number of nitrogens with zero attached hydrogens (tertiary/aromatic N) is 1. The lowest BCUT2D eigenvalue weighted by Gasteiger charge is -2.22. The molecule has 5 heteroatoms. The van der Waals surface area contributed by atoms with Gasteiger partial charge in [0.05, 0.1) is 11.5 Å². The smallest absolute Gasteiger partial charge is 0.160 e. The van der Waals surface area contributed by atoms with Gasteiger partial charge in [0.15, 0.2) is 6.29 Å². The van der Waals surface area contributed by atoms with Crippen LogP contribution >= 0.6 is 11.3 Å². The van der Waals surface area contributed by atoms with Crippen molar-refractivity contribution in [2.24, 2.45) is 0 Å². The first-order valence-corrected chi connectivity index (χ1v) is 6.46. The number of hydrogen-bond donors (Lipinski definition) is 0. The molecule has 0 aliphatic carbocycles. The molecule has 0 aliphatic heterocycles. The molecule has 0 radical (unpaired) electrons. The van der Waals surface area contributed by atoms with E-state index in [1.54, 1.807) is 14.2 Å². The van der Waals surface area contributed by atoms with Crippen molar-refractivity contribution in [3.05, 3.63) is 16.3 Å². The first kappa shape index (κ1) is 14.2. The van der Waals surface area contributed by atoms with Crippen molar-refractivity contribution >= 4 is 23.3 Å². The van der Waals surface area contributed by atoms with Crippen molar-refractivity contribution in [1.82, 2.24) is 0 Å². The fraction of sp³-hybridized carbons (Fsp3) is 0.583. The van der Waals surface area contributed by atoms with E-state index in [9.17, 15) is 4.79 Å². The maximum absolute atomic E-state index is 10.7. The van der Waals surface area contributed by atoms with E-state index in [0.29, 0.717) is 6.61 Å². The van der Waals surface area contributed by atoms with E-state index >= 15 is 0 Å². The average molecular weight is 257 g/mol. The molecule has 4 nitrogen and oxygen atoms in total. The van der Waals surface area contributed by atoms with E-state index in [0.717, 1.165) is 43.0 Å². The standard InChI is InChI=1S/C12H19NO3S/c1-15-6-3-4-13(5-7-16-2)11-8-12(9-14)17-10-11/h8-10H,3-7H2,1-2H3. The second-order valence-corrected chi connectivity index (χ2v) is 4.59. The number of carbonyl (C=O) groups excluding carboxylic acids is 1. The third-order valence-electron chi connectivity index (χ3n) is 2.43. The normalized spacial score (nSPS) is 10.5. The van der Waals surface area contributed by atoms with Gasteiger partial charge in [-0.1, -0.05) is 0 Å². The molecule has 0 spiro atoms. The fourth-order valence-corrected chi connectivity index (χ4v) is 2.26. The Balaban J connectivity index is 2.56. The minimum Gasteiger partial charge on any atom is -0.385 e. The predicted octanol–water partition coefficient (Wildman–Crippen LogP) is 2.05. The molecule has 0 fully saturated rings. The third-order valence-corrected chi connectivity index (χ3v) is 3.27. The summed E-state index contributed by atoms with van der Waals surface area (Å²) >= 11 is 1.47. The molecule has 1 aromatic rings. The van der Waals surface area contributed by atoms with Crippen LogP contribution in [-0.4, -0.2) is 46.8 Å². The van der Waals surface area contributed by atoms with E-state index in [-0.39, 0.29) is 0 Å². The number of methoxy groups -OCH3 is 2. The zero-order chi connectivity index (χ0) is 12.5. The third kappa shape index (κ3) is 4.85. The fourth-order valence-electron chi connectivity index (χ4n) is 1.54. The van der Waals surface area contributed by atoms with Gasteiger partial charge in [-0.2, -0.15) is 0 Å². The van der Waals surface area contributed by atoms with Crippen LogP contribution in [0.5, 0.6) is 0 Å². The Hall–Kier alpha value is -0.910. The van der Waals surface area contributed by atoms with Gasteiger partial charge in [-0.15, -0.1) is 11.3 Å². The molecule has 1 heterocycles. The molecule has 0 amide bonds. The first-order chi connectivity index (χ1) is 8.31. The van der Waals surface area contributed by atoms with Gasteiger partial charge < -0.3 is 14.4 Å². The van der Waals surface area contributed by atoms with Gasteiger partial charge in [-0.05, 0) is 12.5 Å². The summed E-state index contributed by atoms with van der Waals surface area (Å²) in [6, 6.07) is 1.92. The zero-order valence-corrected chi connectivity index (χ0v) is 11.2. The highest BCUT2D eigenvalue weighted by Gasteiger charge is 2.08. The number of rotatable bonds is 9. The minimum absolute atomic E-state index is 0.680. The second-order valence-electron chi connectivity index (χ2n) is 3.65. The molecule has 0 aliphatic rings. The highest BCUT2D eigenvalue weighted by molar-refractivity contribution is 7.12. The van der Waals surface area contributed by atoms with Gasteiger partial charge in [0.1, 0.15) is 0 Å². The summed E-state index contributed by atoms with van der Waals surface area (Å²) in [6.07, 6.45) is 1.85. The SMILES string of the molecule is COCCCN(CCOC)c1csc(C=O)c1. The molecule has 1 aromatic heterocycles. The molecule has 0 unspecified atom stereocenters. The number of ether oxygens (including phenoxy) is 2. The molecular formula is C12H19NO3S. The maximum Gasteiger partial charge on any atom is 0.160 e. The highest BCUT2D eigenvalue weighted by atomic mass is 32.1. The van der Waals surface area contributed by atoms with Crippen LogP contribution in [0, 0.1) is 0 Å². The maximum atomic E-state index is 10.7. The monoisotopic (exact) mass is 257 g/mol. The van der Waals surface area contributed by atoms with Crippen LogP contribution in [0.3, 0.4) is 0 Å².